The van der Waals surface area contributed by atoms with Crippen molar-refractivity contribution in [2.24, 2.45) is 0 Å². The average molecular weight is 335 g/mol. The van der Waals surface area contributed by atoms with E-state index in [1.807, 2.05) is 0 Å². The van der Waals surface area contributed by atoms with E-state index in [9.17, 15) is 19.7 Å². The third kappa shape index (κ3) is 3.83. The molecule has 0 aliphatic heterocycles. The van der Waals surface area contributed by atoms with Gasteiger partial charge in [-0.05, 0) is 13.8 Å². The molecule has 0 heterocycles. The van der Waals surface area contributed by atoms with Crippen LogP contribution in [0.1, 0.15) is 24.2 Å². The third-order valence-corrected chi connectivity index (χ3v) is 3.39. The van der Waals surface area contributed by atoms with Crippen LogP contribution in [0.4, 0.5) is 5.69 Å². The van der Waals surface area contributed by atoms with E-state index in [4.69, 9.17) is 23.2 Å². The summed E-state index contributed by atoms with van der Waals surface area (Å²) in [7, 11) is 1.17. The number of nitrogens with one attached hydrogen (secondary N) is 1. The van der Waals surface area contributed by atoms with E-state index in [-0.39, 0.29) is 21.3 Å². The van der Waals surface area contributed by atoms with Crippen LogP contribution < -0.4 is 5.32 Å². The van der Waals surface area contributed by atoms with Crippen LogP contribution in [0.5, 0.6) is 0 Å². The Bertz CT molecular complexity index is 616. The van der Waals surface area contributed by atoms with Crippen LogP contribution in [0, 0.1) is 10.1 Å². The number of amides is 1. The topological polar surface area (TPSA) is 98.5 Å². The van der Waals surface area contributed by atoms with Gasteiger partial charge in [0.25, 0.3) is 11.6 Å². The number of hydrogen-bond acceptors (Lipinski definition) is 5. The lowest BCUT2D eigenvalue weighted by Crippen LogP contribution is -2.50. The maximum Gasteiger partial charge on any atom is 0.330 e. The highest BCUT2D eigenvalue weighted by atomic mass is 35.5. The van der Waals surface area contributed by atoms with E-state index >= 15 is 0 Å². The average Bonchev–Trinajstić information content (AvgIpc) is 2.39. The van der Waals surface area contributed by atoms with Gasteiger partial charge >= 0.3 is 5.97 Å². The number of ether oxygens (including phenoxy) is 1. The van der Waals surface area contributed by atoms with E-state index < -0.39 is 22.3 Å². The maximum atomic E-state index is 12.1. The molecule has 1 N–H and O–H groups in total. The molecule has 21 heavy (non-hydrogen) atoms. The van der Waals surface area contributed by atoms with Crippen LogP contribution in [-0.4, -0.2) is 29.4 Å². The minimum absolute atomic E-state index is 0.133. The van der Waals surface area contributed by atoms with Crippen molar-refractivity contribution in [1.29, 1.82) is 0 Å². The summed E-state index contributed by atoms with van der Waals surface area (Å²) in [5, 5.41) is 12.9. The maximum absolute atomic E-state index is 12.1. The van der Waals surface area contributed by atoms with Gasteiger partial charge in [0, 0.05) is 12.1 Å². The normalized spacial score (nSPS) is 10.9. The molecule has 0 aromatic heterocycles. The molecule has 114 valence electrons. The first-order valence-electron chi connectivity index (χ1n) is 5.64. The molecule has 0 aliphatic rings. The predicted molar refractivity (Wildman–Crippen MR) is 76.7 cm³/mol. The van der Waals surface area contributed by atoms with Crippen LogP contribution in [0.15, 0.2) is 12.1 Å². The molecular weight excluding hydrogens is 323 g/mol. The van der Waals surface area contributed by atoms with Crippen molar-refractivity contribution in [2.75, 3.05) is 7.11 Å². The van der Waals surface area contributed by atoms with Gasteiger partial charge in [0.1, 0.15) is 5.54 Å². The highest BCUT2D eigenvalue weighted by Gasteiger charge is 2.32. The molecule has 0 unspecified atom stereocenters. The Kier molecular flexibility index (Phi) is 5.14. The monoisotopic (exact) mass is 334 g/mol. The number of hydrogen-bond donors (Lipinski definition) is 1. The number of non-ortho nitro benzene ring substituents is 1. The van der Waals surface area contributed by atoms with Crippen LogP contribution in [-0.2, 0) is 9.53 Å². The quantitative estimate of drug-likeness (QED) is 0.518. The van der Waals surface area contributed by atoms with E-state index in [0.29, 0.717) is 0 Å². The van der Waals surface area contributed by atoms with Crippen LogP contribution in [0.3, 0.4) is 0 Å². The van der Waals surface area contributed by atoms with Gasteiger partial charge in [0.05, 0.1) is 27.6 Å². The van der Waals surface area contributed by atoms with Crippen molar-refractivity contribution in [3.8, 4) is 0 Å². The fourth-order valence-electron chi connectivity index (χ4n) is 1.50. The van der Waals surface area contributed by atoms with Crippen molar-refractivity contribution in [2.45, 2.75) is 19.4 Å². The fourth-order valence-corrected chi connectivity index (χ4v) is 1.91. The number of esters is 1. The first-order valence-corrected chi connectivity index (χ1v) is 6.40. The molecular formula is C12H12Cl2N2O5. The number of nitro groups is 1. The van der Waals surface area contributed by atoms with Gasteiger partial charge in [-0.1, -0.05) is 23.2 Å². The van der Waals surface area contributed by atoms with Crippen molar-refractivity contribution in [3.05, 3.63) is 37.9 Å². The second-order valence-corrected chi connectivity index (χ2v) is 5.40. The Labute approximate surface area is 130 Å². The summed E-state index contributed by atoms with van der Waals surface area (Å²) in [5.74, 6) is -1.45. The summed E-state index contributed by atoms with van der Waals surface area (Å²) in [6, 6.07) is 2.02. The van der Waals surface area contributed by atoms with Gasteiger partial charge in [0.2, 0.25) is 0 Å². The first-order chi connectivity index (χ1) is 9.60. The van der Waals surface area contributed by atoms with Gasteiger partial charge in [-0.25, -0.2) is 4.79 Å². The molecule has 0 saturated carbocycles. The van der Waals surface area contributed by atoms with Gasteiger partial charge in [-0.2, -0.15) is 0 Å². The molecule has 0 atom stereocenters. The minimum Gasteiger partial charge on any atom is -0.467 e. The predicted octanol–water partition coefficient (Wildman–Crippen LogP) is 2.58. The minimum atomic E-state index is -1.33. The van der Waals surface area contributed by atoms with Gasteiger partial charge < -0.3 is 10.1 Å². The zero-order valence-electron chi connectivity index (χ0n) is 11.4. The van der Waals surface area contributed by atoms with E-state index in [1.54, 1.807) is 0 Å². The number of nitrogens with zero attached hydrogens (tertiary/aromatic N) is 1. The molecule has 7 nitrogen and oxygen atoms in total. The van der Waals surface area contributed by atoms with Crippen LogP contribution >= 0.6 is 23.2 Å². The fraction of sp³-hybridized carbons (Fsp3) is 0.333. The number of methoxy groups -OCH3 is 1. The van der Waals surface area contributed by atoms with E-state index in [0.717, 1.165) is 12.1 Å². The highest BCUT2D eigenvalue weighted by Crippen LogP contribution is 2.31. The largest absolute Gasteiger partial charge is 0.467 e. The molecule has 0 saturated heterocycles. The lowest BCUT2D eigenvalue weighted by atomic mass is 10.0. The summed E-state index contributed by atoms with van der Waals surface area (Å²) in [4.78, 5) is 33.7. The third-order valence-electron chi connectivity index (χ3n) is 2.59. The summed E-state index contributed by atoms with van der Waals surface area (Å²) < 4.78 is 4.55. The molecule has 1 amide bonds. The summed E-state index contributed by atoms with van der Waals surface area (Å²) in [6.07, 6.45) is 0. The summed E-state index contributed by atoms with van der Waals surface area (Å²) in [5.41, 5.74) is -1.91. The zero-order chi connectivity index (χ0) is 16.4. The van der Waals surface area contributed by atoms with Crippen molar-refractivity contribution in [1.82, 2.24) is 5.32 Å². The van der Waals surface area contributed by atoms with Crippen molar-refractivity contribution >= 4 is 40.8 Å². The Morgan fingerprint density at radius 3 is 2.38 bits per heavy atom. The summed E-state index contributed by atoms with van der Waals surface area (Å²) >= 11 is 11.6. The number of carbonyl (C=O) groups excluding carboxylic acids is 2. The Balaban J connectivity index is 3.19. The smallest absolute Gasteiger partial charge is 0.330 e. The number of nitro benzene ring substituents is 1. The second kappa shape index (κ2) is 6.28. The highest BCUT2D eigenvalue weighted by molar-refractivity contribution is 6.44. The lowest BCUT2D eigenvalue weighted by Gasteiger charge is -2.23. The standard InChI is InChI=1S/C12H12Cl2N2O5/c1-12(2,11(18)21-3)15-10(17)7-4-6(16(19)20)5-8(13)9(7)14/h4-5H,1-3H3,(H,15,17). The number of benzene rings is 1. The Hall–Kier alpha value is -1.86. The SMILES string of the molecule is COC(=O)C(C)(C)NC(=O)c1cc([N+](=O)[O-])cc(Cl)c1Cl. The molecule has 0 bridgehead atoms. The van der Waals surface area contributed by atoms with Crippen LogP contribution in [0.2, 0.25) is 10.0 Å². The van der Waals surface area contributed by atoms with Crippen molar-refractivity contribution in [3.63, 3.8) is 0 Å². The molecule has 0 aliphatic carbocycles. The molecule has 1 rings (SSSR count). The van der Waals surface area contributed by atoms with E-state index in [2.05, 4.69) is 10.1 Å². The lowest BCUT2D eigenvalue weighted by molar-refractivity contribution is -0.384. The Morgan fingerprint density at radius 2 is 1.90 bits per heavy atom. The molecule has 0 spiro atoms. The number of halogens is 2. The Morgan fingerprint density at radius 1 is 1.33 bits per heavy atom. The molecule has 1 aromatic carbocycles. The second-order valence-electron chi connectivity index (χ2n) is 4.62. The van der Waals surface area contributed by atoms with Gasteiger partial charge in [0.15, 0.2) is 0 Å². The zero-order valence-corrected chi connectivity index (χ0v) is 12.9. The number of carbonyl (C=O) groups is 2. The molecule has 1 aromatic rings. The molecule has 0 radical (unpaired) electrons. The number of rotatable bonds is 4. The first kappa shape index (κ1) is 17.2. The summed E-state index contributed by atoms with van der Waals surface area (Å²) in [6.45, 7) is 2.84. The van der Waals surface area contributed by atoms with Crippen molar-refractivity contribution < 1.29 is 19.2 Å². The molecule has 0 fully saturated rings. The molecule has 9 heteroatoms. The van der Waals surface area contributed by atoms with Gasteiger partial charge in [-0.15, -0.1) is 0 Å². The van der Waals surface area contributed by atoms with Crippen LogP contribution in [0.25, 0.3) is 0 Å². The van der Waals surface area contributed by atoms with E-state index in [1.165, 1.54) is 21.0 Å². The van der Waals surface area contributed by atoms with Gasteiger partial charge in [-0.3, -0.25) is 14.9 Å².